The average molecular weight is 394 g/mol. The Hall–Kier alpha value is -3.39. The van der Waals surface area contributed by atoms with Crippen molar-refractivity contribution in [3.05, 3.63) is 76.6 Å². The van der Waals surface area contributed by atoms with E-state index in [9.17, 15) is 14.0 Å². The lowest BCUT2D eigenvalue weighted by atomic mass is 10.1. The van der Waals surface area contributed by atoms with Crippen molar-refractivity contribution in [2.75, 3.05) is 5.32 Å². The number of aromatic nitrogens is 3. The summed E-state index contributed by atoms with van der Waals surface area (Å²) in [6.45, 7) is 1.79. The van der Waals surface area contributed by atoms with Crippen LogP contribution in [-0.4, -0.2) is 19.8 Å². The van der Waals surface area contributed by atoms with Crippen LogP contribution in [0.4, 0.5) is 10.1 Å². The van der Waals surface area contributed by atoms with E-state index in [0.717, 1.165) is 22.7 Å². The van der Waals surface area contributed by atoms with Crippen molar-refractivity contribution in [3.8, 4) is 11.3 Å². The van der Waals surface area contributed by atoms with Crippen molar-refractivity contribution in [3.63, 3.8) is 0 Å². The molecule has 0 aliphatic rings. The van der Waals surface area contributed by atoms with Crippen LogP contribution in [0.15, 0.2) is 59.7 Å². The molecule has 0 aliphatic heterocycles. The summed E-state index contributed by atoms with van der Waals surface area (Å²) in [4.78, 5) is 29.3. The van der Waals surface area contributed by atoms with Crippen molar-refractivity contribution in [2.24, 2.45) is 0 Å². The Kier molecular flexibility index (Phi) is 4.70. The summed E-state index contributed by atoms with van der Waals surface area (Å²) < 4.78 is 19.0. The average Bonchev–Trinajstić information content (AvgIpc) is 3.11. The summed E-state index contributed by atoms with van der Waals surface area (Å²) in [6, 6.07) is 13.2. The number of benzene rings is 2. The predicted octanol–water partition coefficient (Wildman–Crippen LogP) is 3.61. The van der Waals surface area contributed by atoms with Crippen molar-refractivity contribution in [1.82, 2.24) is 13.9 Å². The minimum absolute atomic E-state index is 0.198. The van der Waals surface area contributed by atoms with E-state index >= 15 is 0 Å². The highest BCUT2D eigenvalue weighted by Crippen LogP contribution is 2.27. The first-order valence-corrected chi connectivity index (χ1v) is 9.26. The zero-order valence-electron chi connectivity index (χ0n) is 14.8. The third-order valence-electron chi connectivity index (χ3n) is 4.18. The summed E-state index contributed by atoms with van der Waals surface area (Å²) in [5.41, 5.74) is 3.29. The molecule has 1 N–H and O–H groups in total. The number of hydrogen-bond donors (Lipinski definition) is 1. The lowest BCUT2D eigenvalue weighted by molar-refractivity contribution is -0.116. The largest absolute Gasteiger partial charge is 0.325 e. The van der Waals surface area contributed by atoms with Crippen LogP contribution in [0.1, 0.15) is 5.56 Å². The molecule has 0 atom stereocenters. The van der Waals surface area contributed by atoms with Crippen LogP contribution in [-0.2, 0) is 11.3 Å². The first-order chi connectivity index (χ1) is 13.5. The fourth-order valence-corrected chi connectivity index (χ4v) is 3.64. The molecular weight excluding hydrogens is 379 g/mol. The van der Waals surface area contributed by atoms with Crippen LogP contribution in [0.5, 0.6) is 0 Å². The van der Waals surface area contributed by atoms with Gasteiger partial charge in [0, 0.05) is 11.3 Å². The first kappa shape index (κ1) is 18.0. The van der Waals surface area contributed by atoms with Crippen LogP contribution in [0.25, 0.3) is 21.5 Å². The fraction of sp³-hybridized carbons (Fsp3) is 0.100. The van der Waals surface area contributed by atoms with Crippen molar-refractivity contribution in [2.45, 2.75) is 13.5 Å². The smallest absolute Gasteiger partial charge is 0.273 e. The van der Waals surface area contributed by atoms with Gasteiger partial charge in [0.1, 0.15) is 28.3 Å². The second-order valence-electron chi connectivity index (χ2n) is 6.31. The van der Waals surface area contributed by atoms with E-state index in [4.69, 9.17) is 0 Å². The molecule has 2 heterocycles. The second-order valence-corrected chi connectivity index (χ2v) is 7.08. The molecule has 1 amide bonds. The molecular formula is C20H15FN4O2S. The van der Waals surface area contributed by atoms with Gasteiger partial charge in [-0.2, -0.15) is 4.37 Å². The first-order valence-electron chi connectivity index (χ1n) is 8.48. The molecule has 4 aromatic rings. The molecule has 140 valence electrons. The number of nitrogens with zero attached hydrogens (tertiary/aromatic N) is 3. The normalized spacial score (nSPS) is 10.9. The van der Waals surface area contributed by atoms with Gasteiger partial charge >= 0.3 is 0 Å². The van der Waals surface area contributed by atoms with Crippen LogP contribution in [0, 0.1) is 12.7 Å². The lowest BCUT2D eigenvalue weighted by Crippen LogP contribution is -2.27. The van der Waals surface area contributed by atoms with E-state index < -0.39 is 11.7 Å². The maximum atomic E-state index is 12.9. The van der Waals surface area contributed by atoms with Gasteiger partial charge in [0.2, 0.25) is 5.91 Å². The molecule has 6 nitrogen and oxygen atoms in total. The van der Waals surface area contributed by atoms with Crippen LogP contribution in [0.2, 0.25) is 0 Å². The Morgan fingerprint density at radius 2 is 2.00 bits per heavy atom. The minimum atomic E-state index is -0.404. The molecule has 0 saturated carbocycles. The van der Waals surface area contributed by atoms with Gasteiger partial charge in [-0.1, -0.05) is 23.8 Å². The standard InChI is InChI=1S/C20H15FN4O2S/c1-12-3-2-4-13(9-12)17-18-19(28-24-17)20(27)25(11-22-18)10-16(26)23-15-7-5-14(21)6-8-15/h2-9,11H,10H2,1H3,(H,23,26). The van der Waals surface area contributed by atoms with E-state index in [1.165, 1.54) is 35.2 Å². The van der Waals surface area contributed by atoms with Crippen molar-refractivity contribution >= 4 is 33.3 Å². The number of anilines is 1. The van der Waals surface area contributed by atoms with Gasteiger partial charge < -0.3 is 5.32 Å². The number of carbonyl (C=O) groups is 1. The number of carbonyl (C=O) groups excluding carboxylic acids is 1. The molecule has 28 heavy (non-hydrogen) atoms. The molecule has 0 spiro atoms. The Morgan fingerprint density at radius 1 is 1.21 bits per heavy atom. The summed E-state index contributed by atoms with van der Waals surface area (Å²) >= 11 is 1.07. The van der Waals surface area contributed by atoms with Crippen molar-refractivity contribution < 1.29 is 9.18 Å². The summed E-state index contributed by atoms with van der Waals surface area (Å²) in [7, 11) is 0. The maximum Gasteiger partial charge on any atom is 0.273 e. The van der Waals surface area contributed by atoms with Gasteiger partial charge in [0.05, 0.1) is 6.33 Å². The van der Waals surface area contributed by atoms with Crippen LogP contribution < -0.4 is 10.9 Å². The van der Waals surface area contributed by atoms with Gasteiger partial charge in [-0.05, 0) is 48.8 Å². The Morgan fingerprint density at radius 3 is 2.75 bits per heavy atom. The number of aryl methyl sites for hydroxylation is 1. The number of nitrogens with one attached hydrogen (secondary N) is 1. The Balaban J connectivity index is 1.61. The van der Waals surface area contributed by atoms with E-state index in [1.807, 2.05) is 31.2 Å². The molecule has 0 fully saturated rings. The summed E-state index contributed by atoms with van der Waals surface area (Å²) in [5, 5.41) is 2.62. The lowest BCUT2D eigenvalue weighted by Gasteiger charge is -2.07. The Bertz CT molecular complexity index is 1230. The molecule has 0 unspecified atom stereocenters. The highest BCUT2D eigenvalue weighted by molar-refractivity contribution is 7.13. The van der Waals surface area contributed by atoms with E-state index in [-0.39, 0.29) is 12.1 Å². The molecule has 0 bridgehead atoms. The third-order valence-corrected chi connectivity index (χ3v) is 5.01. The number of fused-ring (bicyclic) bond motifs is 1. The number of hydrogen-bond acceptors (Lipinski definition) is 5. The quantitative estimate of drug-likeness (QED) is 0.574. The predicted molar refractivity (Wildman–Crippen MR) is 107 cm³/mol. The van der Waals surface area contributed by atoms with Crippen LogP contribution in [0.3, 0.4) is 0 Å². The van der Waals surface area contributed by atoms with Gasteiger partial charge in [-0.25, -0.2) is 9.37 Å². The number of amides is 1. The monoisotopic (exact) mass is 394 g/mol. The Labute approximate surface area is 163 Å². The van der Waals surface area contributed by atoms with Gasteiger partial charge in [-0.15, -0.1) is 0 Å². The van der Waals surface area contributed by atoms with E-state index in [0.29, 0.717) is 21.6 Å². The van der Waals surface area contributed by atoms with Crippen LogP contribution >= 0.6 is 11.5 Å². The number of rotatable bonds is 4. The summed E-state index contributed by atoms with van der Waals surface area (Å²) in [6.07, 6.45) is 1.35. The van der Waals surface area contributed by atoms with Gasteiger partial charge in [0.25, 0.3) is 5.56 Å². The molecule has 4 rings (SSSR count). The molecule has 2 aromatic carbocycles. The second kappa shape index (κ2) is 7.32. The molecule has 8 heteroatoms. The van der Waals surface area contributed by atoms with E-state index in [1.54, 1.807) is 0 Å². The SMILES string of the molecule is Cc1cccc(-c2nsc3c(=O)n(CC(=O)Nc4ccc(F)cc4)cnc23)c1. The topological polar surface area (TPSA) is 76.9 Å². The fourth-order valence-electron chi connectivity index (χ4n) is 2.84. The highest BCUT2D eigenvalue weighted by Gasteiger charge is 2.15. The molecule has 0 saturated heterocycles. The highest BCUT2D eigenvalue weighted by atomic mass is 32.1. The number of halogens is 1. The minimum Gasteiger partial charge on any atom is -0.325 e. The zero-order chi connectivity index (χ0) is 19.7. The van der Waals surface area contributed by atoms with E-state index in [2.05, 4.69) is 14.7 Å². The molecule has 2 aromatic heterocycles. The zero-order valence-corrected chi connectivity index (χ0v) is 15.7. The van der Waals surface area contributed by atoms with Crippen molar-refractivity contribution in [1.29, 1.82) is 0 Å². The maximum absolute atomic E-state index is 12.9. The summed E-state index contributed by atoms with van der Waals surface area (Å²) in [5.74, 6) is -0.795. The van der Waals surface area contributed by atoms with Gasteiger partial charge in [-0.3, -0.25) is 14.2 Å². The third kappa shape index (κ3) is 3.54. The molecule has 0 radical (unpaired) electrons. The van der Waals surface area contributed by atoms with Gasteiger partial charge in [0.15, 0.2) is 0 Å². The molecule has 0 aliphatic carbocycles.